The van der Waals surface area contributed by atoms with E-state index in [4.69, 9.17) is 10.5 Å². The minimum Gasteiger partial charge on any atom is -0.489 e. The van der Waals surface area contributed by atoms with Gasteiger partial charge in [0.05, 0.1) is 0 Å². The summed E-state index contributed by atoms with van der Waals surface area (Å²) in [6.45, 7) is 6.85. The van der Waals surface area contributed by atoms with Crippen molar-refractivity contribution in [3.05, 3.63) is 29.8 Å². The van der Waals surface area contributed by atoms with E-state index in [1.807, 2.05) is 18.2 Å². The SMILES string of the molecule is Cc1cccc(OC(CN)C(C)C)c1. The second kappa shape index (κ2) is 5.01. The number of nitrogens with two attached hydrogens (primary N) is 1. The van der Waals surface area contributed by atoms with Crippen LogP contribution in [0, 0.1) is 12.8 Å². The molecule has 1 aromatic rings. The molecule has 1 rings (SSSR count). The lowest BCUT2D eigenvalue weighted by molar-refractivity contribution is 0.159. The van der Waals surface area contributed by atoms with Crippen LogP contribution in [-0.2, 0) is 0 Å². The summed E-state index contributed by atoms with van der Waals surface area (Å²) in [6, 6.07) is 8.06. The Labute approximate surface area is 86.1 Å². The van der Waals surface area contributed by atoms with Crippen molar-refractivity contribution in [1.29, 1.82) is 0 Å². The highest BCUT2D eigenvalue weighted by molar-refractivity contribution is 5.27. The Bertz CT molecular complexity index is 283. The number of rotatable bonds is 4. The monoisotopic (exact) mass is 193 g/mol. The molecule has 2 N–H and O–H groups in total. The molecule has 0 aliphatic heterocycles. The third-order valence-corrected chi connectivity index (χ3v) is 2.25. The summed E-state index contributed by atoms with van der Waals surface area (Å²) in [6.07, 6.45) is 0.108. The molecule has 0 aromatic heterocycles. The summed E-state index contributed by atoms with van der Waals surface area (Å²) in [4.78, 5) is 0. The predicted molar refractivity (Wildman–Crippen MR) is 59.5 cm³/mol. The van der Waals surface area contributed by atoms with E-state index in [1.54, 1.807) is 0 Å². The molecule has 14 heavy (non-hydrogen) atoms. The molecule has 1 atom stereocenters. The lowest BCUT2D eigenvalue weighted by Crippen LogP contribution is -2.31. The van der Waals surface area contributed by atoms with Gasteiger partial charge in [-0.2, -0.15) is 0 Å². The van der Waals surface area contributed by atoms with Crippen molar-refractivity contribution in [2.24, 2.45) is 11.7 Å². The number of benzene rings is 1. The van der Waals surface area contributed by atoms with Gasteiger partial charge >= 0.3 is 0 Å². The van der Waals surface area contributed by atoms with Crippen LogP contribution in [0.15, 0.2) is 24.3 Å². The van der Waals surface area contributed by atoms with Gasteiger partial charge in [-0.1, -0.05) is 26.0 Å². The molecule has 78 valence electrons. The van der Waals surface area contributed by atoms with Crippen LogP contribution in [0.25, 0.3) is 0 Å². The van der Waals surface area contributed by atoms with Crippen molar-refractivity contribution in [1.82, 2.24) is 0 Å². The van der Waals surface area contributed by atoms with Crippen molar-refractivity contribution >= 4 is 0 Å². The van der Waals surface area contributed by atoms with Crippen molar-refractivity contribution in [2.45, 2.75) is 26.9 Å². The van der Waals surface area contributed by atoms with Gasteiger partial charge in [0.2, 0.25) is 0 Å². The van der Waals surface area contributed by atoms with E-state index in [-0.39, 0.29) is 6.10 Å². The second-order valence-electron chi connectivity index (χ2n) is 3.95. The fourth-order valence-corrected chi connectivity index (χ4v) is 1.32. The zero-order valence-electron chi connectivity index (χ0n) is 9.16. The van der Waals surface area contributed by atoms with Crippen molar-refractivity contribution < 1.29 is 4.74 Å². The van der Waals surface area contributed by atoms with E-state index < -0.39 is 0 Å². The van der Waals surface area contributed by atoms with Gasteiger partial charge in [0, 0.05) is 6.54 Å². The van der Waals surface area contributed by atoms with Crippen LogP contribution in [0.1, 0.15) is 19.4 Å². The van der Waals surface area contributed by atoms with Gasteiger partial charge < -0.3 is 10.5 Å². The molecule has 0 saturated heterocycles. The maximum absolute atomic E-state index is 5.78. The minimum absolute atomic E-state index is 0.108. The zero-order chi connectivity index (χ0) is 10.6. The lowest BCUT2D eigenvalue weighted by atomic mass is 10.1. The molecule has 1 aromatic carbocycles. The Morgan fingerprint density at radius 1 is 1.36 bits per heavy atom. The fraction of sp³-hybridized carbons (Fsp3) is 0.500. The molecule has 0 bridgehead atoms. The van der Waals surface area contributed by atoms with Crippen molar-refractivity contribution in [3.63, 3.8) is 0 Å². The lowest BCUT2D eigenvalue weighted by Gasteiger charge is -2.20. The van der Waals surface area contributed by atoms with Gasteiger partial charge in [-0.3, -0.25) is 0 Å². The highest BCUT2D eigenvalue weighted by atomic mass is 16.5. The molecule has 0 aliphatic rings. The Balaban J connectivity index is 2.67. The summed E-state index contributed by atoms with van der Waals surface area (Å²) in [5, 5.41) is 0. The topological polar surface area (TPSA) is 35.2 Å². The van der Waals surface area contributed by atoms with Crippen LogP contribution in [0.4, 0.5) is 0 Å². The third-order valence-electron chi connectivity index (χ3n) is 2.25. The van der Waals surface area contributed by atoms with Gasteiger partial charge in [0.25, 0.3) is 0 Å². The van der Waals surface area contributed by atoms with Crippen LogP contribution in [0.3, 0.4) is 0 Å². The fourth-order valence-electron chi connectivity index (χ4n) is 1.32. The molecule has 2 heteroatoms. The van der Waals surface area contributed by atoms with Gasteiger partial charge in [-0.05, 0) is 30.5 Å². The normalized spacial score (nSPS) is 12.9. The molecular weight excluding hydrogens is 174 g/mol. The molecule has 0 heterocycles. The second-order valence-corrected chi connectivity index (χ2v) is 3.95. The maximum atomic E-state index is 5.78. The van der Waals surface area contributed by atoms with Crippen molar-refractivity contribution in [2.75, 3.05) is 6.54 Å². The van der Waals surface area contributed by atoms with Crippen LogP contribution in [0.5, 0.6) is 5.75 Å². The molecule has 0 fully saturated rings. The highest BCUT2D eigenvalue weighted by Crippen LogP contribution is 2.16. The first-order chi connectivity index (χ1) is 6.63. The maximum Gasteiger partial charge on any atom is 0.120 e. The van der Waals surface area contributed by atoms with Gasteiger partial charge in [0.1, 0.15) is 11.9 Å². The predicted octanol–water partition coefficient (Wildman–Crippen LogP) is 2.36. The van der Waals surface area contributed by atoms with E-state index in [0.29, 0.717) is 12.5 Å². The number of aryl methyl sites for hydroxylation is 1. The first kappa shape index (κ1) is 11.1. The summed E-state index contributed by atoms with van der Waals surface area (Å²) in [5.74, 6) is 1.36. The van der Waals surface area contributed by atoms with E-state index in [0.717, 1.165) is 5.75 Å². The Kier molecular flexibility index (Phi) is 3.96. The number of hydrogen-bond donors (Lipinski definition) is 1. The molecule has 0 spiro atoms. The zero-order valence-corrected chi connectivity index (χ0v) is 9.16. The first-order valence-corrected chi connectivity index (χ1v) is 5.07. The molecule has 0 radical (unpaired) electrons. The van der Waals surface area contributed by atoms with Crippen LogP contribution in [-0.4, -0.2) is 12.6 Å². The number of ether oxygens (including phenoxy) is 1. The standard InChI is InChI=1S/C12H19NO/c1-9(2)12(8-13)14-11-6-4-5-10(3)7-11/h4-7,9,12H,8,13H2,1-3H3. The summed E-state index contributed by atoms with van der Waals surface area (Å²) in [5.41, 5.74) is 6.84. The van der Waals surface area contributed by atoms with E-state index in [1.165, 1.54) is 5.56 Å². The van der Waals surface area contributed by atoms with Crippen LogP contribution >= 0.6 is 0 Å². The van der Waals surface area contributed by atoms with E-state index in [9.17, 15) is 0 Å². The molecular formula is C12H19NO. The van der Waals surface area contributed by atoms with E-state index in [2.05, 4.69) is 26.8 Å². The minimum atomic E-state index is 0.108. The molecule has 0 aliphatic carbocycles. The summed E-state index contributed by atoms with van der Waals surface area (Å²) < 4.78 is 5.78. The van der Waals surface area contributed by atoms with Gasteiger partial charge in [-0.25, -0.2) is 0 Å². The van der Waals surface area contributed by atoms with Gasteiger partial charge in [0.15, 0.2) is 0 Å². The quantitative estimate of drug-likeness (QED) is 0.796. The largest absolute Gasteiger partial charge is 0.489 e. The van der Waals surface area contributed by atoms with Crippen LogP contribution < -0.4 is 10.5 Å². The smallest absolute Gasteiger partial charge is 0.120 e. The third kappa shape index (κ3) is 3.04. The van der Waals surface area contributed by atoms with E-state index >= 15 is 0 Å². The van der Waals surface area contributed by atoms with Crippen molar-refractivity contribution in [3.8, 4) is 5.75 Å². The molecule has 1 unspecified atom stereocenters. The van der Waals surface area contributed by atoms with Gasteiger partial charge in [-0.15, -0.1) is 0 Å². The average Bonchev–Trinajstić information content (AvgIpc) is 2.14. The molecule has 2 nitrogen and oxygen atoms in total. The summed E-state index contributed by atoms with van der Waals surface area (Å²) in [7, 11) is 0. The highest BCUT2D eigenvalue weighted by Gasteiger charge is 2.12. The first-order valence-electron chi connectivity index (χ1n) is 5.07. The average molecular weight is 193 g/mol. The van der Waals surface area contributed by atoms with Crippen LogP contribution in [0.2, 0.25) is 0 Å². The number of hydrogen-bond acceptors (Lipinski definition) is 2. The molecule has 0 amide bonds. The Morgan fingerprint density at radius 3 is 2.57 bits per heavy atom. The Hall–Kier alpha value is -1.02. The Morgan fingerprint density at radius 2 is 2.07 bits per heavy atom. The summed E-state index contributed by atoms with van der Waals surface area (Å²) >= 11 is 0. The molecule has 0 saturated carbocycles.